The van der Waals surface area contributed by atoms with Crippen LogP contribution in [0.25, 0.3) is 0 Å². The third-order valence-electron chi connectivity index (χ3n) is 2.86. The minimum absolute atomic E-state index is 0.0249. The Bertz CT molecular complexity index is 569. The highest BCUT2D eigenvalue weighted by Crippen LogP contribution is 2.28. The summed E-state index contributed by atoms with van der Waals surface area (Å²) < 4.78 is 59.8. The molecule has 0 spiro atoms. The van der Waals surface area contributed by atoms with E-state index in [0.717, 1.165) is 0 Å². The molecule has 0 amide bonds. The molecule has 0 radical (unpaired) electrons. The lowest BCUT2D eigenvalue weighted by atomic mass is 9.96. The van der Waals surface area contributed by atoms with E-state index < -0.39 is 22.2 Å². The monoisotopic (exact) mass is 280 g/mol. The van der Waals surface area contributed by atoms with Crippen LogP contribution in [0.15, 0.2) is 23.1 Å². The van der Waals surface area contributed by atoms with Gasteiger partial charge in [-0.25, -0.2) is 13.6 Å². The maximum atomic E-state index is 12.5. The third-order valence-corrected chi connectivity index (χ3v) is 3.78. The average molecular weight is 280 g/mol. The topological polar surface area (TPSA) is 72.2 Å². The van der Waals surface area contributed by atoms with Crippen molar-refractivity contribution in [1.29, 1.82) is 0 Å². The van der Waals surface area contributed by atoms with Crippen LogP contribution in [0, 0.1) is 0 Å². The molecule has 1 aromatic rings. The van der Waals surface area contributed by atoms with Crippen LogP contribution in [0.4, 0.5) is 13.2 Å². The number of fused-ring (bicyclic) bond motifs is 1. The molecule has 100 valence electrons. The fourth-order valence-corrected chi connectivity index (χ4v) is 2.46. The highest BCUT2D eigenvalue weighted by atomic mass is 32.2. The molecule has 3 N–H and O–H groups in total. The molecule has 18 heavy (non-hydrogen) atoms. The Hall–Kier alpha value is -1.12. The Morgan fingerprint density at radius 2 is 1.94 bits per heavy atom. The van der Waals surface area contributed by atoms with Gasteiger partial charge in [-0.3, -0.25) is 0 Å². The van der Waals surface area contributed by atoms with Crippen molar-refractivity contribution in [3.8, 4) is 0 Å². The van der Waals surface area contributed by atoms with Crippen molar-refractivity contribution in [1.82, 2.24) is 5.32 Å². The minimum atomic E-state index is -4.31. The lowest BCUT2D eigenvalue weighted by Gasteiger charge is -2.28. The SMILES string of the molecule is NS(=O)(=O)c1ccc2c(c1)CN[C@H](C(F)(F)F)C2. The Labute approximate surface area is 102 Å². The summed E-state index contributed by atoms with van der Waals surface area (Å²) in [6.45, 7) is -0.0249. The summed E-state index contributed by atoms with van der Waals surface area (Å²) in [7, 11) is -3.83. The Morgan fingerprint density at radius 3 is 2.50 bits per heavy atom. The predicted molar refractivity (Wildman–Crippen MR) is 58.2 cm³/mol. The largest absolute Gasteiger partial charge is 0.404 e. The number of nitrogens with two attached hydrogens (primary N) is 1. The summed E-state index contributed by atoms with van der Waals surface area (Å²) in [5.41, 5.74) is 1.02. The van der Waals surface area contributed by atoms with Crippen LogP contribution in [0.2, 0.25) is 0 Å². The van der Waals surface area contributed by atoms with Gasteiger partial charge in [-0.1, -0.05) is 6.07 Å². The highest BCUT2D eigenvalue weighted by molar-refractivity contribution is 7.89. The number of hydrogen-bond acceptors (Lipinski definition) is 3. The zero-order valence-electron chi connectivity index (χ0n) is 9.16. The molecule has 0 saturated heterocycles. The van der Waals surface area contributed by atoms with Crippen molar-refractivity contribution in [2.24, 2.45) is 5.14 Å². The van der Waals surface area contributed by atoms with Crippen molar-refractivity contribution < 1.29 is 21.6 Å². The van der Waals surface area contributed by atoms with Crippen molar-refractivity contribution in [2.45, 2.75) is 30.1 Å². The number of alkyl halides is 3. The zero-order valence-corrected chi connectivity index (χ0v) is 9.98. The Kier molecular flexibility index (Phi) is 3.12. The van der Waals surface area contributed by atoms with Gasteiger partial charge in [0.25, 0.3) is 0 Å². The first-order chi connectivity index (χ1) is 8.18. The minimum Gasteiger partial charge on any atom is -0.302 e. The van der Waals surface area contributed by atoms with Gasteiger partial charge in [0.1, 0.15) is 6.04 Å². The number of sulfonamides is 1. The number of primary sulfonamides is 1. The Morgan fingerprint density at radius 1 is 1.28 bits per heavy atom. The van der Waals surface area contributed by atoms with Gasteiger partial charge in [0.05, 0.1) is 4.90 Å². The van der Waals surface area contributed by atoms with E-state index in [0.29, 0.717) is 11.1 Å². The second-order valence-electron chi connectivity index (χ2n) is 4.15. The van der Waals surface area contributed by atoms with Gasteiger partial charge in [-0.2, -0.15) is 13.2 Å². The summed E-state index contributed by atoms with van der Waals surface area (Å²) in [6.07, 6.45) is -4.51. The standard InChI is InChI=1S/C10H11F3N2O2S/c11-10(12,13)9-4-6-1-2-8(18(14,16)17)3-7(6)5-15-9/h1-3,9,15H,4-5H2,(H2,14,16,17)/t9-/m0/s1. The molecule has 2 rings (SSSR count). The maximum Gasteiger partial charge on any atom is 0.404 e. The van der Waals surface area contributed by atoms with E-state index in [4.69, 9.17) is 5.14 Å². The third kappa shape index (κ3) is 2.65. The van der Waals surface area contributed by atoms with E-state index in [9.17, 15) is 21.6 Å². The summed E-state index contributed by atoms with van der Waals surface area (Å²) in [6, 6.07) is 2.33. The predicted octanol–water partition coefficient (Wildman–Crippen LogP) is 0.911. The smallest absolute Gasteiger partial charge is 0.302 e. The summed E-state index contributed by atoms with van der Waals surface area (Å²) in [5.74, 6) is 0. The first-order valence-electron chi connectivity index (χ1n) is 5.12. The number of halogens is 3. The van der Waals surface area contributed by atoms with Gasteiger partial charge in [-0.05, 0) is 29.7 Å². The molecule has 1 aromatic carbocycles. The molecule has 1 atom stereocenters. The van der Waals surface area contributed by atoms with Gasteiger partial charge in [0.2, 0.25) is 10.0 Å². The summed E-state index contributed by atoms with van der Waals surface area (Å²) >= 11 is 0. The highest BCUT2D eigenvalue weighted by Gasteiger charge is 2.41. The van der Waals surface area contributed by atoms with E-state index in [2.05, 4.69) is 5.32 Å². The second kappa shape index (κ2) is 4.22. The molecule has 0 fully saturated rings. The van der Waals surface area contributed by atoms with Crippen molar-refractivity contribution in [2.75, 3.05) is 0 Å². The van der Waals surface area contributed by atoms with Gasteiger partial charge in [0, 0.05) is 6.54 Å². The molecule has 0 aromatic heterocycles. The molecule has 4 nitrogen and oxygen atoms in total. The van der Waals surface area contributed by atoms with E-state index in [1.54, 1.807) is 0 Å². The number of rotatable bonds is 1. The molecule has 8 heteroatoms. The van der Waals surface area contributed by atoms with E-state index >= 15 is 0 Å². The second-order valence-corrected chi connectivity index (χ2v) is 5.72. The molecule has 1 heterocycles. The molecule has 0 saturated carbocycles. The summed E-state index contributed by atoms with van der Waals surface area (Å²) in [5, 5.41) is 7.29. The van der Waals surface area contributed by atoms with E-state index in [1.807, 2.05) is 0 Å². The van der Waals surface area contributed by atoms with Crippen molar-refractivity contribution in [3.63, 3.8) is 0 Å². The van der Waals surface area contributed by atoms with Gasteiger partial charge >= 0.3 is 6.18 Å². The van der Waals surface area contributed by atoms with Crippen LogP contribution in [0.1, 0.15) is 11.1 Å². The van der Waals surface area contributed by atoms with Crippen molar-refractivity contribution in [3.05, 3.63) is 29.3 Å². The Balaban J connectivity index is 2.32. The van der Waals surface area contributed by atoms with E-state index in [1.165, 1.54) is 18.2 Å². The summed E-state index contributed by atoms with van der Waals surface area (Å²) in [4.78, 5) is -0.0893. The quantitative estimate of drug-likeness (QED) is 0.803. The fourth-order valence-electron chi connectivity index (χ4n) is 1.90. The molecule has 1 aliphatic heterocycles. The molecule has 0 aliphatic carbocycles. The molecular formula is C10H11F3N2O2S. The number of benzene rings is 1. The molecule has 1 aliphatic rings. The van der Waals surface area contributed by atoms with Crippen LogP contribution in [-0.2, 0) is 23.0 Å². The lowest BCUT2D eigenvalue weighted by Crippen LogP contribution is -2.46. The van der Waals surface area contributed by atoms with Gasteiger partial charge in [-0.15, -0.1) is 0 Å². The zero-order chi connectivity index (χ0) is 13.6. The van der Waals surface area contributed by atoms with E-state index in [-0.39, 0.29) is 17.9 Å². The molecule has 0 bridgehead atoms. The van der Waals surface area contributed by atoms with Crippen LogP contribution in [0.3, 0.4) is 0 Å². The van der Waals surface area contributed by atoms with Crippen molar-refractivity contribution >= 4 is 10.0 Å². The molecule has 0 unspecified atom stereocenters. The van der Waals surface area contributed by atoms with Crippen LogP contribution < -0.4 is 10.5 Å². The molecular weight excluding hydrogens is 269 g/mol. The maximum absolute atomic E-state index is 12.5. The number of hydrogen-bond donors (Lipinski definition) is 2. The lowest BCUT2D eigenvalue weighted by molar-refractivity contribution is -0.157. The number of nitrogens with one attached hydrogen (secondary N) is 1. The van der Waals surface area contributed by atoms with Crippen LogP contribution in [0.5, 0.6) is 0 Å². The van der Waals surface area contributed by atoms with Gasteiger partial charge in [0.15, 0.2) is 0 Å². The first-order valence-corrected chi connectivity index (χ1v) is 6.67. The normalized spacial score (nSPS) is 20.6. The van der Waals surface area contributed by atoms with Crippen LogP contribution >= 0.6 is 0 Å². The van der Waals surface area contributed by atoms with Crippen LogP contribution in [-0.4, -0.2) is 20.6 Å². The fraction of sp³-hybridized carbons (Fsp3) is 0.400. The first kappa shape index (κ1) is 13.3. The average Bonchev–Trinajstić information content (AvgIpc) is 2.25. The van der Waals surface area contributed by atoms with Gasteiger partial charge < -0.3 is 5.32 Å².